The van der Waals surface area contributed by atoms with E-state index in [1.165, 1.54) is 11.8 Å². The van der Waals surface area contributed by atoms with Crippen LogP contribution in [0.1, 0.15) is 15.9 Å². The highest BCUT2D eigenvalue weighted by atomic mass is 79.9. The van der Waals surface area contributed by atoms with Gasteiger partial charge in [0.05, 0.1) is 16.6 Å². The zero-order valence-corrected chi connectivity index (χ0v) is 18.6. The SMILES string of the molecule is O=C(Oc1ccc(-c2nc3ccccc3n2Cc2ccccc2)cc1)c1cncc(Br)c1. The van der Waals surface area contributed by atoms with Gasteiger partial charge in [0.25, 0.3) is 0 Å². The molecule has 2 aromatic heterocycles. The molecule has 5 nitrogen and oxygen atoms in total. The van der Waals surface area contributed by atoms with E-state index in [0.717, 1.165) is 26.9 Å². The van der Waals surface area contributed by atoms with E-state index in [4.69, 9.17) is 9.72 Å². The molecule has 0 N–H and O–H groups in total. The summed E-state index contributed by atoms with van der Waals surface area (Å²) in [6, 6.07) is 27.5. The molecular weight excluding hydrogens is 466 g/mol. The number of aromatic nitrogens is 3. The second kappa shape index (κ2) is 8.77. The number of halogens is 1. The number of imidazole rings is 1. The van der Waals surface area contributed by atoms with Crippen molar-refractivity contribution in [3.63, 3.8) is 0 Å². The largest absolute Gasteiger partial charge is 0.423 e. The Labute approximate surface area is 193 Å². The van der Waals surface area contributed by atoms with Crippen LogP contribution in [0.2, 0.25) is 0 Å². The van der Waals surface area contributed by atoms with Gasteiger partial charge in [-0.15, -0.1) is 0 Å². The van der Waals surface area contributed by atoms with Gasteiger partial charge in [0.1, 0.15) is 11.6 Å². The number of carbonyl (C=O) groups is 1. The summed E-state index contributed by atoms with van der Waals surface area (Å²) in [5.41, 5.74) is 4.54. The predicted octanol–water partition coefficient (Wildman–Crippen LogP) is 6.13. The van der Waals surface area contributed by atoms with E-state index in [-0.39, 0.29) is 0 Å². The lowest BCUT2D eigenvalue weighted by atomic mass is 10.2. The van der Waals surface area contributed by atoms with Crippen molar-refractivity contribution < 1.29 is 9.53 Å². The lowest BCUT2D eigenvalue weighted by Gasteiger charge is -2.10. The summed E-state index contributed by atoms with van der Waals surface area (Å²) in [5, 5.41) is 0. The molecule has 0 saturated carbocycles. The molecule has 0 saturated heterocycles. The number of rotatable bonds is 5. The zero-order valence-electron chi connectivity index (χ0n) is 17.0. The summed E-state index contributed by atoms with van der Waals surface area (Å²) in [6.07, 6.45) is 3.10. The zero-order chi connectivity index (χ0) is 21.9. The van der Waals surface area contributed by atoms with Gasteiger partial charge in [0.15, 0.2) is 0 Å². The molecule has 6 heteroatoms. The highest BCUT2D eigenvalue weighted by molar-refractivity contribution is 9.10. The summed E-state index contributed by atoms with van der Waals surface area (Å²) in [7, 11) is 0. The number of nitrogens with zero attached hydrogens (tertiary/aromatic N) is 3. The van der Waals surface area contributed by atoms with Gasteiger partial charge in [0, 0.05) is 29.0 Å². The van der Waals surface area contributed by atoms with Crippen LogP contribution in [0.4, 0.5) is 0 Å². The number of ether oxygens (including phenoxy) is 1. The quantitative estimate of drug-likeness (QED) is 0.223. The fraction of sp³-hybridized carbons (Fsp3) is 0.0385. The summed E-state index contributed by atoms with van der Waals surface area (Å²) in [6.45, 7) is 0.712. The second-order valence-electron chi connectivity index (χ2n) is 7.30. The molecule has 0 amide bonds. The van der Waals surface area contributed by atoms with Crippen LogP contribution in [0.15, 0.2) is 102 Å². The molecule has 0 spiro atoms. The second-order valence-corrected chi connectivity index (χ2v) is 8.22. The number of benzene rings is 3. The van der Waals surface area contributed by atoms with Gasteiger partial charge in [-0.1, -0.05) is 42.5 Å². The Hall–Kier alpha value is -3.77. The minimum atomic E-state index is -0.456. The topological polar surface area (TPSA) is 57.0 Å². The Bertz CT molecular complexity index is 1400. The third-order valence-electron chi connectivity index (χ3n) is 5.10. The van der Waals surface area contributed by atoms with E-state index < -0.39 is 5.97 Å². The van der Waals surface area contributed by atoms with Gasteiger partial charge in [-0.05, 0) is 64.0 Å². The highest BCUT2D eigenvalue weighted by Gasteiger charge is 2.14. The van der Waals surface area contributed by atoms with Crippen molar-refractivity contribution in [3.05, 3.63) is 113 Å². The first kappa shape index (κ1) is 20.2. The molecule has 0 fully saturated rings. The van der Waals surface area contributed by atoms with Crippen molar-refractivity contribution in [1.29, 1.82) is 0 Å². The maximum Gasteiger partial charge on any atom is 0.345 e. The van der Waals surface area contributed by atoms with Crippen LogP contribution in [0, 0.1) is 0 Å². The average molecular weight is 484 g/mol. The molecule has 3 aromatic carbocycles. The minimum Gasteiger partial charge on any atom is -0.423 e. The molecule has 32 heavy (non-hydrogen) atoms. The smallest absolute Gasteiger partial charge is 0.345 e. The summed E-state index contributed by atoms with van der Waals surface area (Å²) in [5.74, 6) is 0.872. The van der Waals surface area contributed by atoms with Crippen LogP contribution < -0.4 is 4.74 Å². The summed E-state index contributed by atoms with van der Waals surface area (Å²) >= 11 is 3.32. The van der Waals surface area contributed by atoms with Crippen LogP contribution in [0.3, 0.4) is 0 Å². The van der Waals surface area contributed by atoms with Crippen LogP contribution in [0.25, 0.3) is 22.4 Å². The molecular formula is C26H18BrN3O2. The molecule has 5 aromatic rings. The number of para-hydroxylation sites is 2. The maximum atomic E-state index is 12.4. The van der Waals surface area contributed by atoms with Gasteiger partial charge >= 0.3 is 5.97 Å². The fourth-order valence-electron chi connectivity index (χ4n) is 3.58. The van der Waals surface area contributed by atoms with Crippen molar-refractivity contribution in [2.75, 3.05) is 0 Å². The van der Waals surface area contributed by atoms with Crippen molar-refractivity contribution in [2.24, 2.45) is 0 Å². The number of esters is 1. The number of fused-ring (bicyclic) bond motifs is 1. The molecule has 5 rings (SSSR count). The van der Waals surface area contributed by atoms with Gasteiger partial charge in [-0.3, -0.25) is 4.98 Å². The predicted molar refractivity (Wildman–Crippen MR) is 128 cm³/mol. The summed E-state index contributed by atoms with van der Waals surface area (Å²) in [4.78, 5) is 21.3. The Morgan fingerprint density at radius 3 is 2.44 bits per heavy atom. The van der Waals surface area contributed by atoms with Gasteiger partial charge in [-0.25, -0.2) is 9.78 Å². The highest BCUT2D eigenvalue weighted by Crippen LogP contribution is 2.27. The Kier molecular flexibility index (Phi) is 5.52. The van der Waals surface area contributed by atoms with Crippen LogP contribution in [0.5, 0.6) is 5.75 Å². The molecule has 156 valence electrons. The number of pyridine rings is 1. The van der Waals surface area contributed by atoms with E-state index in [2.05, 4.69) is 43.7 Å². The van der Waals surface area contributed by atoms with Crippen LogP contribution >= 0.6 is 15.9 Å². The van der Waals surface area contributed by atoms with Crippen molar-refractivity contribution in [2.45, 2.75) is 6.54 Å². The average Bonchev–Trinajstić information content (AvgIpc) is 3.18. The molecule has 2 heterocycles. The number of hydrogen-bond donors (Lipinski definition) is 0. The van der Waals surface area contributed by atoms with Crippen LogP contribution in [-0.4, -0.2) is 20.5 Å². The molecule has 0 aliphatic rings. The molecule has 0 aliphatic heterocycles. The first-order chi connectivity index (χ1) is 15.7. The first-order valence-corrected chi connectivity index (χ1v) is 10.9. The van der Waals surface area contributed by atoms with E-state index in [1.807, 2.05) is 48.5 Å². The Balaban J connectivity index is 1.45. The van der Waals surface area contributed by atoms with Crippen LogP contribution in [-0.2, 0) is 6.54 Å². The van der Waals surface area contributed by atoms with Crippen molar-refractivity contribution >= 4 is 32.9 Å². The van der Waals surface area contributed by atoms with Gasteiger partial charge < -0.3 is 9.30 Å². The molecule has 0 unspecified atom stereocenters. The lowest BCUT2D eigenvalue weighted by molar-refractivity contribution is 0.0734. The fourth-order valence-corrected chi connectivity index (χ4v) is 3.95. The lowest BCUT2D eigenvalue weighted by Crippen LogP contribution is -2.08. The minimum absolute atomic E-state index is 0.383. The molecule has 0 aliphatic carbocycles. The van der Waals surface area contributed by atoms with E-state index >= 15 is 0 Å². The Morgan fingerprint density at radius 1 is 0.906 bits per heavy atom. The van der Waals surface area contributed by atoms with E-state index in [0.29, 0.717) is 17.9 Å². The van der Waals surface area contributed by atoms with Crippen molar-refractivity contribution in [1.82, 2.24) is 14.5 Å². The summed E-state index contributed by atoms with van der Waals surface area (Å²) < 4.78 is 8.43. The number of hydrogen-bond acceptors (Lipinski definition) is 4. The van der Waals surface area contributed by atoms with Crippen molar-refractivity contribution in [3.8, 4) is 17.1 Å². The standard InChI is InChI=1S/C26H18BrN3O2/c27-21-14-20(15-28-16-21)26(31)32-22-12-10-19(11-13-22)25-29-23-8-4-5-9-24(23)30(25)17-18-6-2-1-3-7-18/h1-16H,17H2. The molecule has 0 atom stereocenters. The first-order valence-electron chi connectivity index (χ1n) is 10.1. The maximum absolute atomic E-state index is 12.4. The van der Waals surface area contributed by atoms with Gasteiger partial charge in [0.2, 0.25) is 0 Å². The monoisotopic (exact) mass is 483 g/mol. The normalized spacial score (nSPS) is 10.9. The molecule has 0 bridgehead atoms. The van der Waals surface area contributed by atoms with E-state index in [9.17, 15) is 4.79 Å². The van der Waals surface area contributed by atoms with Gasteiger partial charge in [-0.2, -0.15) is 0 Å². The third kappa shape index (κ3) is 4.18. The number of carbonyl (C=O) groups excluding carboxylic acids is 1. The molecule has 0 radical (unpaired) electrons. The van der Waals surface area contributed by atoms with E-state index in [1.54, 1.807) is 24.4 Å². The third-order valence-corrected chi connectivity index (χ3v) is 5.54. The Morgan fingerprint density at radius 2 is 1.66 bits per heavy atom.